The lowest BCUT2D eigenvalue weighted by Crippen LogP contribution is -2.44. The molecule has 2 fully saturated rings. The molecule has 0 atom stereocenters. The van der Waals surface area contributed by atoms with Crippen LogP contribution in [0.5, 0.6) is 5.75 Å². The zero-order chi connectivity index (χ0) is 21.8. The monoisotopic (exact) mass is 608 g/mol. The summed E-state index contributed by atoms with van der Waals surface area (Å²) >= 11 is 6.14. The van der Waals surface area contributed by atoms with Crippen molar-refractivity contribution in [1.29, 1.82) is 0 Å². The molecule has 1 aromatic carbocycles. The molecule has 2 aliphatic heterocycles. The van der Waals surface area contributed by atoms with Gasteiger partial charge in [-0.3, -0.25) is 19.3 Å². The minimum Gasteiger partial charge on any atom is -0.480 e. The smallest absolute Gasteiger partial charge is 0.341 e. The third kappa shape index (κ3) is 5.55. The average molecular weight is 609 g/mol. The first-order valence-corrected chi connectivity index (χ1v) is 11.8. The fourth-order valence-electron chi connectivity index (χ4n) is 3.10. The third-order valence-corrected chi connectivity index (χ3v) is 6.83. The molecule has 0 aromatic heterocycles. The van der Waals surface area contributed by atoms with Gasteiger partial charge in [0.25, 0.3) is 11.1 Å². The number of amides is 3. The van der Waals surface area contributed by atoms with Gasteiger partial charge in [-0.25, -0.2) is 4.79 Å². The molecule has 0 spiro atoms. The van der Waals surface area contributed by atoms with Crippen molar-refractivity contribution in [2.24, 2.45) is 0 Å². The van der Waals surface area contributed by atoms with Gasteiger partial charge in [-0.2, -0.15) is 0 Å². The summed E-state index contributed by atoms with van der Waals surface area (Å²) in [5, 5.41) is 8.30. The number of carboxylic acid groups (broad SMARTS) is 1. The van der Waals surface area contributed by atoms with Crippen molar-refractivity contribution in [1.82, 2.24) is 9.80 Å². The largest absolute Gasteiger partial charge is 0.480 e. The maximum absolute atomic E-state index is 12.7. The van der Waals surface area contributed by atoms with Gasteiger partial charge in [-0.1, -0.05) is 0 Å². The predicted octanol–water partition coefficient (Wildman–Crippen LogP) is 3.57. The summed E-state index contributed by atoms with van der Waals surface area (Å²) in [7, 11) is 0. The number of carbonyl (C=O) groups excluding carboxylic acids is 3. The Morgan fingerprint density at radius 3 is 2.57 bits per heavy atom. The van der Waals surface area contributed by atoms with Crippen LogP contribution in [0.2, 0.25) is 0 Å². The Hall–Kier alpha value is -1.60. The number of ether oxygens (including phenoxy) is 1. The third-order valence-electron chi connectivity index (χ3n) is 4.53. The van der Waals surface area contributed by atoms with Crippen molar-refractivity contribution < 1.29 is 29.0 Å². The molecule has 2 saturated heterocycles. The van der Waals surface area contributed by atoms with Crippen molar-refractivity contribution in [3.8, 4) is 5.75 Å². The number of rotatable bonds is 6. The molecule has 1 aromatic rings. The van der Waals surface area contributed by atoms with E-state index in [9.17, 15) is 19.2 Å². The molecule has 2 aliphatic rings. The van der Waals surface area contributed by atoms with E-state index in [2.05, 4.69) is 15.9 Å². The van der Waals surface area contributed by atoms with E-state index < -0.39 is 23.7 Å². The summed E-state index contributed by atoms with van der Waals surface area (Å²) in [5.41, 5.74) is 0.641. The lowest BCUT2D eigenvalue weighted by Gasteiger charge is -2.27. The molecule has 2 heterocycles. The maximum Gasteiger partial charge on any atom is 0.341 e. The number of halogens is 2. The van der Waals surface area contributed by atoms with Crippen LogP contribution in [-0.2, 0) is 14.4 Å². The van der Waals surface area contributed by atoms with Gasteiger partial charge in [0.05, 0.1) is 12.9 Å². The normalized spacial score (nSPS) is 18.3. The fraction of sp³-hybridized carbons (Fsp3) is 0.368. The SMILES string of the molecule is O=C(O)COc1c(Br)cc(/C=C2\SC(=O)N(CC(=O)N3CCCCC3)C2=O)cc1I. The van der Waals surface area contributed by atoms with E-state index in [1.807, 2.05) is 22.6 Å². The lowest BCUT2D eigenvalue weighted by atomic mass is 10.1. The highest BCUT2D eigenvalue weighted by atomic mass is 127. The molecule has 0 aliphatic carbocycles. The molecular formula is C19H18BrIN2O6S. The number of likely N-dealkylation sites (tertiary alicyclic amines) is 1. The van der Waals surface area contributed by atoms with E-state index in [0.717, 1.165) is 35.9 Å². The highest BCUT2D eigenvalue weighted by molar-refractivity contribution is 14.1. The first-order valence-electron chi connectivity index (χ1n) is 9.13. The number of hydrogen-bond donors (Lipinski definition) is 1. The van der Waals surface area contributed by atoms with Crippen molar-refractivity contribution in [3.05, 3.63) is 30.6 Å². The number of hydrogen-bond acceptors (Lipinski definition) is 6. The highest BCUT2D eigenvalue weighted by Crippen LogP contribution is 2.36. The van der Waals surface area contributed by atoms with Gasteiger partial charge in [0.2, 0.25) is 5.91 Å². The molecule has 8 nitrogen and oxygen atoms in total. The second-order valence-corrected chi connectivity index (χ2v) is 9.72. The van der Waals surface area contributed by atoms with E-state index in [-0.39, 0.29) is 17.4 Å². The Morgan fingerprint density at radius 1 is 1.23 bits per heavy atom. The minimum absolute atomic E-state index is 0.213. The van der Waals surface area contributed by atoms with E-state index in [4.69, 9.17) is 9.84 Å². The summed E-state index contributed by atoms with van der Waals surface area (Å²) in [6.45, 7) is 0.602. The molecule has 11 heteroatoms. The zero-order valence-corrected chi connectivity index (χ0v) is 20.3. The number of thioether (sulfide) groups is 1. The van der Waals surface area contributed by atoms with Crippen LogP contribution in [-0.4, -0.2) is 64.2 Å². The van der Waals surface area contributed by atoms with Crippen molar-refractivity contribution in [2.75, 3.05) is 26.2 Å². The average Bonchev–Trinajstić information content (AvgIpc) is 2.95. The molecule has 3 rings (SSSR count). The van der Waals surface area contributed by atoms with Crippen LogP contribution >= 0.6 is 50.3 Å². The highest BCUT2D eigenvalue weighted by Gasteiger charge is 2.37. The Labute approximate surface area is 199 Å². The summed E-state index contributed by atoms with van der Waals surface area (Å²) in [6, 6.07) is 3.39. The maximum atomic E-state index is 12.7. The first kappa shape index (κ1) is 23.1. The van der Waals surface area contributed by atoms with Gasteiger partial charge >= 0.3 is 5.97 Å². The molecule has 0 radical (unpaired) electrons. The molecule has 3 amide bonds. The molecule has 30 heavy (non-hydrogen) atoms. The van der Waals surface area contributed by atoms with E-state index in [1.54, 1.807) is 23.1 Å². The summed E-state index contributed by atoms with van der Waals surface area (Å²) in [5.74, 6) is -1.41. The Balaban J connectivity index is 1.73. The Bertz CT molecular complexity index is 909. The van der Waals surface area contributed by atoms with Crippen molar-refractivity contribution >= 4 is 79.4 Å². The van der Waals surface area contributed by atoms with Gasteiger partial charge in [0.15, 0.2) is 6.61 Å². The van der Waals surface area contributed by atoms with Gasteiger partial charge in [-0.15, -0.1) is 0 Å². The standard InChI is InChI=1S/C19H18BrIN2O6S/c20-12-6-11(7-13(21)17(12)29-10-16(25)26)8-14-18(27)23(19(28)30-14)9-15(24)22-4-2-1-3-5-22/h6-8H,1-5,9-10H2,(H,25,26)/b14-8-. The predicted molar refractivity (Wildman–Crippen MR) is 123 cm³/mol. The van der Waals surface area contributed by atoms with Crippen LogP contribution in [0.3, 0.4) is 0 Å². The lowest BCUT2D eigenvalue weighted by molar-refractivity contribution is -0.139. The zero-order valence-electron chi connectivity index (χ0n) is 15.7. The van der Waals surface area contributed by atoms with Crippen LogP contribution < -0.4 is 4.74 Å². The summed E-state index contributed by atoms with van der Waals surface area (Å²) in [6.07, 6.45) is 4.53. The number of nitrogens with zero attached hydrogens (tertiary/aromatic N) is 2. The van der Waals surface area contributed by atoms with Crippen molar-refractivity contribution in [3.63, 3.8) is 0 Å². The van der Waals surface area contributed by atoms with E-state index >= 15 is 0 Å². The molecule has 160 valence electrons. The Kier molecular flexibility index (Phi) is 7.80. The fourth-order valence-corrected chi connectivity index (χ4v) is 5.71. The number of benzene rings is 1. The quantitative estimate of drug-likeness (QED) is 0.389. The van der Waals surface area contributed by atoms with Crippen molar-refractivity contribution in [2.45, 2.75) is 19.3 Å². The second-order valence-electron chi connectivity index (χ2n) is 6.71. The molecule has 0 saturated carbocycles. The number of aliphatic carboxylic acids is 1. The number of piperidine rings is 1. The van der Waals surface area contributed by atoms with Gasteiger partial charge in [-0.05, 0) is 93.3 Å². The van der Waals surface area contributed by atoms with Gasteiger partial charge in [0, 0.05) is 13.1 Å². The first-order chi connectivity index (χ1) is 14.3. The molecular weight excluding hydrogens is 591 g/mol. The second kappa shape index (κ2) is 10.1. The van der Waals surface area contributed by atoms with Crippen LogP contribution in [0.15, 0.2) is 21.5 Å². The number of carbonyl (C=O) groups is 4. The number of imide groups is 1. The van der Waals surface area contributed by atoms with E-state index in [0.29, 0.717) is 32.4 Å². The Morgan fingerprint density at radius 2 is 1.93 bits per heavy atom. The van der Waals surface area contributed by atoms with Crippen LogP contribution in [0, 0.1) is 3.57 Å². The van der Waals surface area contributed by atoms with Crippen LogP contribution in [0.25, 0.3) is 6.08 Å². The van der Waals surface area contributed by atoms with Gasteiger partial charge in [0.1, 0.15) is 12.3 Å². The van der Waals surface area contributed by atoms with E-state index in [1.165, 1.54) is 0 Å². The van der Waals surface area contributed by atoms with Gasteiger partial charge < -0.3 is 14.7 Å². The summed E-state index contributed by atoms with van der Waals surface area (Å²) in [4.78, 5) is 51.1. The molecule has 1 N–H and O–H groups in total. The molecule has 0 unspecified atom stereocenters. The summed E-state index contributed by atoms with van der Waals surface area (Å²) < 4.78 is 6.44. The number of carboxylic acids is 1. The van der Waals surface area contributed by atoms with Crippen LogP contribution in [0.1, 0.15) is 24.8 Å². The topological polar surface area (TPSA) is 104 Å². The molecule has 0 bridgehead atoms. The van der Waals surface area contributed by atoms with Crippen LogP contribution in [0.4, 0.5) is 4.79 Å². The minimum atomic E-state index is -1.09.